The van der Waals surface area contributed by atoms with E-state index in [1.165, 1.54) is 26.4 Å². The highest BCUT2D eigenvalue weighted by Gasteiger charge is 2.29. The zero-order chi connectivity index (χ0) is 26.6. The second-order valence-corrected chi connectivity index (χ2v) is 11.6. The molecule has 4 rings (SSSR count). The van der Waals surface area contributed by atoms with Crippen LogP contribution in [-0.2, 0) is 14.6 Å². The lowest BCUT2D eigenvalue weighted by Crippen LogP contribution is -2.15. The summed E-state index contributed by atoms with van der Waals surface area (Å²) in [5.74, 6) is 0.652. The van der Waals surface area contributed by atoms with Gasteiger partial charge in [0.05, 0.1) is 30.6 Å². The number of methoxy groups -OCH3 is 2. The normalized spacial score (nSPS) is 11.2. The van der Waals surface area contributed by atoms with Gasteiger partial charge in [-0.05, 0) is 55.5 Å². The lowest BCUT2D eigenvalue weighted by molar-refractivity contribution is -0.113. The summed E-state index contributed by atoms with van der Waals surface area (Å²) in [6, 6.07) is 18.6. The number of ether oxygens (including phenoxy) is 2. The summed E-state index contributed by atoms with van der Waals surface area (Å²) in [4.78, 5) is 17.2. The first-order valence-corrected chi connectivity index (χ1v) is 14.2. The summed E-state index contributed by atoms with van der Waals surface area (Å²) < 4.78 is 44.1. The molecule has 0 aliphatic carbocycles. The van der Waals surface area contributed by atoms with Crippen LogP contribution in [-0.4, -0.2) is 39.3 Å². The molecule has 0 aliphatic heterocycles. The number of aryl methyl sites for hydroxylation is 1. The summed E-state index contributed by atoms with van der Waals surface area (Å²) in [6.07, 6.45) is 0. The van der Waals surface area contributed by atoms with E-state index in [0.717, 1.165) is 21.8 Å². The average Bonchev–Trinajstić information content (AvgIpc) is 3.33. The fourth-order valence-electron chi connectivity index (χ4n) is 3.32. The lowest BCUT2D eigenvalue weighted by atomic mass is 10.1. The number of hydrogen-bond donors (Lipinski definition) is 1. The van der Waals surface area contributed by atoms with Gasteiger partial charge in [-0.2, -0.15) is 4.98 Å². The molecule has 1 N–H and O–H groups in total. The van der Waals surface area contributed by atoms with Gasteiger partial charge in [-0.15, -0.1) is 0 Å². The van der Waals surface area contributed by atoms with Crippen LogP contribution in [0.1, 0.15) is 5.56 Å². The summed E-state index contributed by atoms with van der Waals surface area (Å²) in [6.45, 7) is 1.94. The van der Waals surface area contributed by atoms with E-state index in [-0.39, 0.29) is 32.6 Å². The van der Waals surface area contributed by atoms with Crippen molar-refractivity contribution in [2.24, 2.45) is 0 Å². The number of hydrogen-bond acceptors (Lipinski definition) is 8. The Morgan fingerprint density at radius 2 is 1.73 bits per heavy atom. The van der Waals surface area contributed by atoms with E-state index in [9.17, 15) is 13.2 Å². The lowest BCUT2D eigenvalue weighted by Gasteiger charge is -2.11. The molecule has 0 saturated carbocycles. The third-order valence-electron chi connectivity index (χ3n) is 5.26. The molecule has 192 valence electrons. The number of aromatic nitrogens is 1. The fourth-order valence-corrected chi connectivity index (χ4v) is 5.91. The largest absolute Gasteiger partial charge is 0.497 e. The maximum absolute atomic E-state index is 13.5. The molecule has 4 aromatic rings. The quantitative estimate of drug-likeness (QED) is 0.233. The Morgan fingerprint density at radius 3 is 2.38 bits per heavy atom. The molecule has 0 bridgehead atoms. The molecular formula is C26H23BrN2O6S2. The van der Waals surface area contributed by atoms with Crippen molar-refractivity contribution < 1.29 is 27.1 Å². The fraction of sp³-hybridized carbons (Fsp3) is 0.154. The van der Waals surface area contributed by atoms with Crippen molar-refractivity contribution in [2.45, 2.75) is 21.9 Å². The molecule has 0 spiro atoms. The molecule has 37 heavy (non-hydrogen) atoms. The predicted octanol–water partition coefficient (Wildman–Crippen LogP) is 5.99. The number of carbonyl (C=O) groups is 1. The average molecular weight is 604 g/mol. The molecular weight excluding hydrogens is 580 g/mol. The minimum absolute atomic E-state index is 0.0235. The van der Waals surface area contributed by atoms with E-state index in [2.05, 4.69) is 26.2 Å². The number of rotatable bonds is 9. The maximum atomic E-state index is 13.5. The van der Waals surface area contributed by atoms with Crippen LogP contribution >= 0.6 is 27.7 Å². The van der Waals surface area contributed by atoms with Gasteiger partial charge >= 0.3 is 0 Å². The highest BCUT2D eigenvalue weighted by atomic mass is 79.9. The van der Waals surface area contributed by atoms with Gasteiger partial charge in [0.2, 0.25) is 31.8 Å². The number of carbonyl (C=O) groups excluding carboxylic acids is 1. The van der Waals surface area contributed by atoms with E-state index < -0.39 is 9.84 Å². The molecule has 0 atom stereocenters. The minimum atomic E-state index is -4.02. The third-order valence-corrected chi connectivity index (χ3v) is 8.54. The second-order valence-electron chi connectivity index (χ2n) is 7.84. The molecule has 0 unspecified atom stereocenters. The van der Waals surface area contributed by atoms with Crippen LogP contribution in [0.15, 0.2) is 90.6 Å². The zero-order valence-corrected chi connectivity index (χ0v) is 23.4. The van der Waals surface area contributed by atoms with Crippen molar-refractivity contribution in [3.8, 4) is 23.0 Å². The first kappa shape index (κ1) is 26.8. The maximum Gasteiger partial charge on any atom is 0.234 e. The van der Waals surface area contributed by atoms with Crippen molar-refractivity contribution in [1.29, 1.82) is 0 Å². The highest BCUT2D eigenvalue weighted by Crippen LogP contribution is 2.36. The zero-order valence-electron chi connectivity index (χ0n) is 20.1. The molecule has 0 radical (unpaired) electrons. The van der Waals surface area contributed by atoms with Gasteiger partial charge in [-0.1, -0.05) is 45.4 Å². The van der Waals surface area contributed by atoms with Crippen molar-refractivity contribution in [2.75, 3.05) is 25.3 Å². The number of benzene rings is 3. The third kappa shape index (κ3) is 6.17. The van der Waals surface area contributed by atoms with Crippen LogP contribution in [0.3, 0.4) is 0 Å². The monoisotopic (exact) mass is 602 g/mol. The Balaban J connectivity index is 1.62. The van der Waals surface area contributed by atoms with E-state index in [1.54, 1.807) is 42.5 Å². The smallest absolute Gasteiger partial charge is 0.234 e. The SMILES string of the molecule is COc1ccc(NC(=O)CSc2oc(-c3ccc(C)cc3)nc2S(=O)(=O)c2ccc(Br)cc2)c(OC)c1. The number of nitrogens with one attached hydrogen (secondary N) is 1. The van der Waals surface area contributed by atoms with E-state index in [1.807, 2.05) is 19.1 Å². The first-order valence-electron chi connectivity index (χ1n) is 10.9. The molecule has 1 aromatic heterocycles. The Labute approximate surface area is 227 Å². The van der Waals surface area contributed by atoms with Crippen LogP contribution in [0.5, 0.6) is 11.5 Å². The Kier molecular flexibility index (Phi) is 8.25. The minimum Gasteiger partial charge on any atom is -0.497 e. The Morgan fingerprint density at radius 1 is 1.03 bits per heavy atom. The van der Waals surface area contributed by atoms with Gasteiger partial charge in [0, 0.05) is 16.1 Å². The molecule has 1 amide bonds. The summed E-state index contributed by atoms with van der Waals surface area (Å²) in [5.41, 5.74) is 2.12. The second kappa shape index (κ2) is 11.4. The summed E-state index contributed by atoms with van der Waals surface area (Å²) in [7, 11) is -1.000. The van der Waals surface area contributed by atoms with Crippen molar-refractivity contribution >= 4 is 49.1 Å². The highest BCUT2D eigenvalue weighted by molar-refractivity contribution is 9.10. The van der Waals surface area contributed by atoms with Gasteiger partial charge in [0.15, 0.2) is 0 Å². The van der Waals surface area contributed by atoms with Crippen LogP contribution in [0.25, 0.3) is 11.5 Å². The number of thioether (sulfide) groups is 1. The molecule has 3 aromatic carbocycles. The Hall–Kier alpha value is -3.28. The molecule has 11 heteroatoms. The van der Waals surface area contributed by atoms with Gasteiger partial charge in [-0.25, -0.2) is 8.42 Å². The van der Waals surface area contributed by atoms with Gasteiger partial charge in [-0.3, -0.25) is 4.79 Å². The number of nitrogens with zero attached hydrogens (tertiary/aromatic N) is 1. The standard InChI is InChI=1S/C26H23BrN2O6S2/c1-16-4-6-17(7-5-16)24-29-25(37(31,32)20-11-8-18(27)9-12-20)26(35-24)36-15-23(30)28-21-13-10-19(33-2)14-22(21)34-3/h4-14H,15H2,1-3H3,(H,28,30). The van der Waals surface area contributed by atoms with Gasteiger partial charge < -0.3 is 19.2 Å². The number of anilines is 1. The van der Waals surface area contributed by atoms with Gasteiger partial charge in [0.25, 0.3) is 0 Å². The molecule has 1 heterocycles. The molecule has 0 saturated heterocycles. The molecule has 0 fully saturated rings. The van der Waals surface area contributed by atoms with Crippen molar-refractivity contribution in [1.82, 2.24) is 4.98 Å². The van der Waals surface area contributed by atoms with E-state index >= 15 is 0 Å². The number of sulfone groups is 1. The van der Waals surface area contributed by atoms with Crippen molar-refractivity contribution in [3.05, 3.63) is 76.8 Å². The summed E-state index contributed by atoms with van der Waals surface area (Å²) in [5, 5.41) is 2.55. The predicted molar refractivity (Wildman–Crippen MR) is 145 cm³/mol. The topological polar surface area (TPSA) is 108 Å². The van der Waals surface area contributed by atoms with Crippen LogP contribution in [0, 0.1) is 6.92 Å². The first-order chi connectivity index (χ1) is 17.7. The van der Waals surface area contributed by atoms with Crippen LogP contribution in [0.4, 0.5) is 5.69 Å². The number of halogens is 1. The van der Waals surface area contributed by atoms with E-state index in [4.69, 9.17) is 13.9 Å². The van der Waals surface area contributed by atoms with E-state index in [0.29, 0.717) is 22.7 Å². The van der Waals surface area contributed by atoms with Gasteiger partial charge in [0.1, 0.15) is 11.5 Å². The Bertz CT molecular complexity index is 1520. The van der Waals surface area contributed by atoms with Crippen LogP contribution in [0.2, 0.25) is 0 Å². The summed E-state index contributed by atoms with van der Waals surface area (Å²) >= 11 is 4.26. The van der Waals surface area contributed by atoms with Crippen LogP contribution < -0.4 is 14.8 Å². The van der Waals surface area contributed by atoms with Crippen molar-refractivity contribution in [3.63, 3.8) is 0 Å². The molecule has 0 aliphatic rings. The number of amides is 1. The number of oxazole rings is 1. The molecule has 8 nitrogen and oxygen atoms in total.